The summed E-state index contributed by atoms with van der Waals surface area (Å²) in [6.07, 6.45) is 7.79. The molecule has 4 nitrogen and oxygen atoms in total. The number of aromatic nitrogens is 1. The van der Waals surface area contributed by atoms with Crippen molar-refractivity contribution in [3.05, 3.63) is 76.5 Å². The molecule has 1 aliphatic carbocycles. The van der Waals surface area contributed by atoms with Gasteiger partial charge in [-0.25, -0.2) is 4.39 Å². The fraction of sp³-hybridized carbons (Fsp3) is 0.333. The molecule has 0 unspecified atom stereocenters. The maximum absolute atomic E-state index is 13.6. The van der Waals surface area contributed by atoms with Gasteiger partial charge >= 0.3 is 0 Å². The van der Waals surface area contributed by atoms with Gasteiger partial charge in [0.05, 0.1) is 11.7 Å². The smallest absolute Gasteiger partial charge is 0.170 e. The molecule has 1 saturated heterocycles. The second-order valence-electron chi connectivity index (χ2n) is 8.15. The molecule has 0 radical (unpaired) electrons. The van der Waals surface area contributed by atoms with Crippen molar-refractivity contribution in [2.75, 3.05) is 0 Å². The molecule has 1 saturated carbocycles. The highest BCUT2D eigenvalue weighted by atomic mass is 79.9. The number of nitrogens with one attached hydrogen (secondary N) is 1. The molecule has 0 spiro atoms. The number of thiocarbonyl (C=S) groups is 1. The van der Waals surface area contributed by atoms with Crippen molar-refractivity contribution >= 4 is 33.3 Å². The molecule has 1 aliphatic heterocycles. The summed E-state index contributed by atoms with van der Waals surface area (Å²) in [4.78, 5) is 6.93. The Morgan fingerprint density at radius 1 is 1.10 bits per heavy atom. The summed E-state index contributed by atoms with van der Waals surface area (Å²) >= 11 is 9.26. The van der Waals surface area contributed by atoms with Gasteiger partial charge in [-0.15, -0.1) is 0 Å². The molecule has 2 atom stereocenters. The molecule has 160 valence electrons. The summed E-state index contributed by atoms with van der Waals surface area (Å²) in [7, 11) is 0. The maximum Gasteiger partial charge on any atom is 0.170 e. The highest BCUT2D eigenvalue weighted by Crippen LogP contribution is 2.44. The van der Waals surface area contributed by atoms with E-state index in [0.717, 1.165) is 35.0 Å². The lowest BCUT2D eigenvalue weighted by Gasteiger charge is -2.36. The first kappa shape index (κ1) is 20.6. The third kappa shape index (κ3) is 4.01. The van der Waals surface area contributed by atoms with Crippen LogP contribution in [0.2, 0.25) is 0 Å². The lowest BCUT2D eigenvalue weighted by molar-refractivity contribution is 0.179. The predicted molar refractivity (Wildman–Crippen MR) is 126 cm³/mol. The van der Waals surface area contributed by atoms with Gasteiger partial charge in [-0.3, -0.25) is 4.98 Å². The Labute approximate surface area is 195 Å². The van der Waals surface area contributed by atoms with Gasteiger partial charge in [-0.2, -0.15) is 0 Å². The second kappa shape index (κ2) is 8.71. The van der Waals surface area contributed by atoms with E-state index in [9.17, 15) is 4.39 Å². The van der Waals surface area contributed by atoms with Crippen LogP contribution in [0.1, 0.15) is 55.6 Å². The van der Waals surface area contributed by atoms with Crippen LogP contribution in [0, 0.1) is 5.82 Å². The quantitative estimate of drug-likeness (QED) is 0.412. The van der Waals surface area contributed by atoms with Gasteiger partial charge in [0.2, 0.25) is 0 Å². The molecule has 0 bridgehead atoms. The SMILES string of the molecule is Fc1ccc(-c2ccc([C@H]3[C@@H](c4ccccn4)NC(=S)N3C3CCCCC3)o2)c(Br)c1. The zero-order valence-corrected chi connectivity index (χ0v) is 19.3. The van der Waals surface area contributed by atoms with E-state index >= 15 is 0 Å². The van der Waals surface area contributed by atoms with Gasteiger partial charge in [0.1, 0.15) is 23.4 Å². The summed E-state index contributed by atoms with van der Waals surface area (Å²) in [5.74, 6) is 1.24. The Hall–Kier alpha value is -2.25. The number of hydrogen-bond acceptors (Lipinski definition) is 3. The molecular formula is C24H23BrFN3OS. The van der Waals surface area contributed by atoms with E-state index in [0.29, 0.717) is 16.3 Å². The average molecular weight is 500 g/mol. The van der Waals surface area contributed by atoms with Crippen LogP contribution in [0.3, 0.4) is 0 Å². The van der Waals surface area contributed by atoms with Crippen molar-refractivity contribution < 1.29 is 8.81 Å². The molecule has 2 aromatic heterocycles. The molecule has 3 aromatic rings. The highest BCUT2D eigenvalue weighted by molar-refractivity contribution is 9.10. The van der Waals surface area contributed by atoms with E-state index in [1.807, 2.05) is 36.5 Å². The Bertz CT molecular complexity index is 1080. The Morgan fingerprint density at radius 2 is 1.94 bits per heavy atom. The summed E-state index contributed by atoms with van der Waals surface area (Å²) in [5.41, 5.74) is 1.76. The molecule has 0 amide bonds. The van der Waals surface area contributed by atoms with Crippen molar-refractivity contribution in [3.8, 4) is 11.3 Å². The largest absolute Gasteiger partial charge is 0.459 e. The van der Waals surface area contributed by atoms with Crippen molar-refractivity contribution in [1.82, 2.24) is 15.2 Å². The van der Waals surface area contributed by atoms with Crippen LogP contribution in [0.25, 0.3) is 11.3 Å². The van der Waals surface area contributed by atoms with Crippen molar-refractivity contribution in [1.29, 1.82) is 0 Å². The zero-order chi connectivity index (χ0) is 21.4. The zero-order valence-electron chi connectivity index (χ0n) is 16.9. The first-order chi connectivity index (χ1) is 15.1. The monoisotopic (exact) mass is 499 g/mol. The van der Waals surface area contributed by atoms with Gasteiger partial charge in [0, 0.05) is 22.3 Å². The number of nitrogens with zero attached hydrogens (tertiary/aromatic N) is 2. The topological polar surface area (TPSA) is 41.3 Å². The second-order valence-corrected chi connectivity index (χ2v) is 9.39. The van der Waals surface area contributed by atoms with Crippen LogP contribution < -0.4 is 5.32 Å². The molecule has 1 N–H and O–H groups in total. The fourth-order valence-corrected chi connectivity index (χ4v) is 5.70. The van der Waals surface area contributed by atoms with Crippen LogP contribution in [-0.4, -0.2) is 21.0 Å². The summed E-state index contributed by atoms with van der Waals surface area (Å²) in [5, 5.41) is 4.27. The molecule has 5 rings (SSSR count). The first-order valence-electron chi connectivity index (χ1n) is 10.7. The van der Waals surface area contributed by atoms with E-state index in [-0.39, 0.29) is 17.9 Å². The highest BCUT2D eigenvalue weighted by Gasteiger charge is 2.44. The minimum absolute atomic E-state index is 0.0847. The third-order valence-electron chi connectivity index (χ3n) is 6.22. The molecule has 31 heavy (non-hydrogen) atoms. The fourth-order valence-electron chi connectivity index (χ4n) is 4.77. The number of halogens is 2. The third-order valence-corrected chi connectivity index (χ3v) is 7.20. The summed E-state index contributed by atoms with van der Waals surface area (Å²) in [6.45, 7) is 0. The molecular weight excluding hydrogens is 477 g/mol. The van der Waals surface area contributed by atoms with Crippen LogP contribution in [0.15, 0.2) is 63.6 Å². The van der Waals surface area contributed by atoms with Gasteiger partial charge in [0.25, 0.3) is 0 Å². The van der Waals surface area contributed by atoms with Crippen LogP contribution in [0.5, 0.6) is 0 Å². The van der Waals surface area contributed by atoms with Crippen LogP contribution in [0.4, 0.5) is 4.39 Å². The molecule has 7 heteroatoms. The Morgan fingerprint density at radius 3 is 2.68 bits per heavy atom. The Balaban J connectivity index is 1.55. The van der Waals surface area contributed by atoms with E-state index in [4.69, 9.17) is 16.6 Å². The predicted octanol–water partition coefficient (Wildman–Crippen LogP) is 6.55. The van der Waals surface area contributed by atoms with Gasteiger partial charge in [-0.1, -0.05) is 25.3 Å². The molecule has 2 fully saturated rings. The summed E-state index contributed by atoms with van der Waals surface area (Å²) < 4.78 is 20.6. The minimum Gasteiger partial charge on any atom is -0.459 e. The van der Waals surface area contributed by atoms with Crippen LogP contribution in [-0.2, 0) is 0 Å². The van der Waals surface area contributed by atoms with Gasteiger partial charge < -0.3 is 14.6 Å². The number of furan rings is 1. The lowest BCUT2D eigenvalue weighted by atomic mass is 9.92. The summed E-state index contributed by atoms with van der Waals surface area (Å²) in [6, 6.07) is 14.7. The minimum atomic E-state index is -0.286. The van der Waals surface area contributed by atoms with E-state index < -0.39 is 0 Å². The first-order valence-corrected chi connectivity index (χ1v) is 11.9. The number of rotatable bonds is 4. The number of pyridine rings is 1. The van der Waals surface area contributed by atoms with Crippen molar-refractivity contribution in [3.63, 3.8) is 0 Å². The van der Waals surface area contributed by atoms with E-state index in [1.54, 1.807) is 6.07 Å². The lowest BCUT2D eigenvalue weighted by Crippen LogP contribution is -2.40. The van der Waals surface area contributed by atoms with Crippen LogP contribution >= 0.6 is 28.1 Å². The van der Waals surface area contributed by atoms with Gasteiger partial charge in [0.15, 0.2) is 5.11 Å². The Kier molecular flexibility index (Phi) is 5.80. The van der Waals surface area contributed by atoms with Crippen molar-refractivity contribution in [2.45, 2.75) is 50.2 Å². The normalized spacial score (nSPS) is 22.0. The average Bonchev–Trinajstić information content (AvgIpc) is 3.39. The number of benzene rings is 1. The number of hydrogen-bond donors (Lipinski definition) is 1. The van der Waals surface area contributed by atoms with E-state index in [1.165, 1.54) is 31.4 Å². The maximum atomic E-state index is 13.6. The van der Waals surface area contributed by atoms with Gasteiger partial charge in [-0.05, 0) is 83.5 Å². The standard InChI is InChI=1S/C24H23BrFN3OS/c25-18-14-15(26)9-10-17(18)20-11-12-21(30-20)23-22(19-8-4-5-13-27-19)28-24(31)29(23)16-6-2-1-3-7-16/h4-5,8-14,16,22-23H,1-3,6-7H2,(H,28,31)/t22-,23+/m1/s1. The van der Waals surface area contributed by atoms with E-state index in [2.05, 4.69) is 31.1 Å². The van der Waals surface area contributed by atoms with Crippen molar-refractivity contribution in [2.24, 2.45) is 0 Å². The molecule has 3 heterocycles. The molecule has 1 aromatic carbocycles. The molecule has 2 aliphatic rings.